The maximum absolute atomic E-state index is 12.5. The van der Waals surface area contributed by atoms with E-state index in [2.05, 4.69) is 0 Å². The van der Waals surface area contributed by atoms with Gasteiger partial charge < -0.3 is 4.74 Å². The highest BCUT2D eigenvalue weighted by atomic mass is 35.5. The largest absolute Gasteiger partial charge is 0.492 e. The molecule has 114 valence electrons. The molecule has 1 aromatic rings. The lowest BCUT2D eigenvalue weighted by Crippen LogP contribution is -2.31. The van der Waals surface area contributed by atoms with Crippen LogP contribution in [0.15, 0.2) is 29.2 Å². The molecule has 0 aliphatic carbocycles. The Morgan fingerprint density at radius 2 is 1.85 bits per heavy atom. The molecule has 0 saturated heterocycles. The summed E-state index contributed by atoms with van der Waals surface area (Å²) in [6, 6.07) is 6.47. The summed E-state index contributed by atoms with van der Waals surface area (Å²) in [5.41, 5.74) is 0. The molecule has 0 aliphatic heterocycles. The number of halogens is 1. The summed E-state index contributed by atoms with van der Waals surface area (Å²) in [7, 11) is -3.41. The predicted molar refractivity (Wildman–Crippen MR) is 82.0 cm³/mol. The molecular weight excluding hydrogens is 298 g/mol. The average Bonchev–Trinajstić information content (AvgIpc) is 2.46. The first-order chi connectivity index (χ1) is 9.56. The first kappa shape index (κ1) is 17.3. The zero-order valence-corrected chi connectivity index (χ0v) is 13.6. The molecule has 0 heterocycles. The smallest absolute Gasteiger partial charge is 0.243 e. The van der Waals surface area contributed by atoms with E-state index in [4.69, 9.17) is 16.3 Å². The van der Waals surface area contributed by atoms with Crippen LogP contribution in [0.1, 0.15) is 26.7 Å². The quantitative estimate of drug-likeness (QED) is 0.657. The van der Waals surface area contributed by atoms with Crippen LogP contribution in [0.5, 0.6) is 5.75 Å². The van der Waals surface area contributed by atoms with Crippen molar-refractivity contribution in [2.75, 3.05) is 25.6 Å². The third-order valence-corrected chi connectivity index (χ3v) is 5.06. The maximum atomic E-state index is 12.5. The number of alkyl halides is 1. The van der Waals surface area contributed by atoms with Gasteiger partial charge in [-0.25, -0.2) is 8.42 Å². The number of hydrogen-bond acceptors (Lipinski definition) is 3. The molecule has 0 radical (unpaired) electrons. The molecule has 0 aromatic heterocycles. The number of benzene rings is 1. The molecular formula is C14H22ClNO3S. The Morgan fingerprint density at radius 3 is 2.35 bits per heavy atom. The fourth-order valence-electron chi connectivity index (χ4n) is 1.80. The lowest BCUT2D eigenvalue weighted by atomic mass is 10.3. The molecule has 0 atom stereocenters. The van der Waals surface area contributed by atoms with Crippen molar-refractivity contribution in [2.24, 2.45) is 0 Å². The monoisotopic (exact) mass is 319 g/mol. The highest BCUT2D eigenvalue weighted by Gasteiger charge is 2.22. The Balaban J connectivity index is 2.85. The minimum atomic E-state index is -3.41. The summed E-state index contributed by atoms with van der Waals surface area (Å²) in [6.45, 7) is 5.34. The average molecular weight is 320 g/mol. The van der Waals surface area contributed by atoms with Gasteiger partial charge in [0.1, 0.15) is 12.4 Å². The minimum absolute atomic E-state index is 0.300. The number of rotatable bonds is 9. The predicted octanol–water partition coefficient (Wildman–Crippen LogP) is 3.11. The summed E-state index contributed by atoms with van der Waals surface area (Å²) in [4.78, 5) is 0.300. The first-order valence-electron chi connectivity index (χ1n) is 6.85. The summed E-state index contributed by atoms with van der Waals surface area (Å²) >= 11 is 5.54. The van der Waals surface area contributed by atoms with E-state index >= 15 is 0 Å². The highest BCUT2D eigenvalue weighted by Crippen LogP contribution is 2.20. The fourth-order valence-corrected chi connectivity index (χ4v) is 3.36. The molecule has 0 aliphatic rings. The Hall–Kier alpha value is -0.780. The molecule has 4 nitrogen and oxygen atoms in total. The van der Waals surface area contributed by atoms with Crippen LogP contribution in [-0.2, 0) is 10.0 Å². The van der Waals surface area contributed by atoms with Crippen molar-refractivity contribution < 1.29 is 13.2 Å². The van der Waals surface area contributed by atoms with Crippen LogP contribution >= 0.6 is 11.6 Å². The lowest BCUT2D eigenvalue weighted by Gasteiger charge is -2.20. The molecule has 0 N–H and O–H groups in total. The van der Waals surface area contributed by atoms with Gasteiger partial charge in [0.2, 0.25) is 10.0 Å². The minimum Gasteiger partial charge on any atom is -0.492 e. The van der Waals surface area contributed by atoms with Crippen molar-refractivity contribution in [2.45, 2.75) is 31.6 Å². The highest BCUT2D eigenvalue weighted by molar-refractivity contribution is 7.89. The van der Waals surface area contributed by atoms with Crippen LogP contribution in [0.2, 0.25) is 0 Å². The van der Waals surface area contributed by atoms with E-state index in [9.17, 15) is 8.42 Å². The van der Waals surface area contributed by atoms with Crippen LogP contribution < -0.4 is 4.74 Å². The van der Waals surface area contributed by atoms with Crippen molar-refractivity contribution in [3.05, 3.63) is 24.3 Å². The summed E-state index contributed by atoms with van der Waals surface area (Å²) < 4.78 is 31.8. The molecule has 20 heavy (non-hydrogen) atoms. The molecule has 0 bridgehead atoms. The van der Waals surface area contributed by atoms with E-state index in [1.807, 2.05) is 13.8 Å². The molecule has 0 fully saturated rings. The van der Waals surface area contributed by atoms with Gasteiger partial charge >= 0.3 is 0 Å². The van der Waals surface area contributed by atoms with Crippen LogP contribution in [0, 0.1) is 0 Å². The maximum Gasteiger partial charge on any atom is 0.243 e. The van der Waals surface area contributed by atoms with Gasteiger partial charge in [-0.15, -0.1) is 11.6 Å². The second-order valence-corrected chi connectivity index (χ2v) is 6.68. The lowest BCUT2D eigenvalue weighted by molar-refractivity contribution is 0.342. The van der Waals surface area contributed by atoms with Crippen molar-refractivity contribution in [1.29, 1.82) is 0 Å². The van der Waals surface area contributed by atoms with E-state index in [1.54, 1.807) is 24.3 Å². The van der Waals surface area contributed by atoms with Gasteiger partial charge in [0.25, 0.3) is 0 Å². The van der Waals surface area contributed by atoms with Gasteiger partial charge in [0, 0.05) is 13.1 Å². The van der Waals surface area contributed by atoms with Crippen molar-refractivity contribution in [1.82, 2.24) is 4.31 Å². The van der Waals surface area contributed by atoms with Crippen LogP contribution in [0.4, 0.5) is 0 Å². The molecule has 0 unspecified atom stereocenters. The van der Waals surface area contributed by atoms with Gasteiger partial charge in [-0.05, 0) is 30.7 Å². The van der Waals surface area contributed by atoms with E-state index in [1.165, 1.54) is 4.31 Å². The SMILES string of the molecule is CCCCN(CC)S(=O)(=O)c1ccc(OCCCl)cc1. The number of unbranched alkanes of at least 4 members (excludes halogenated alkanes) is 1. The van der Waals surface area contributed by atoms with E-state index in [0.717, 1.165) is 12.8 Å². The Kier molecular flexibility index (Phi) is 7.34. The number of ether oxygens (including phenoxy) is 1. The third-order valence-electron chi connectivity index (χ3n) is 2.92. The molecule has 0 spiro atoms. The van der Waals surface area contributed by atoms with E-state index in [-0.39, 0.29) is 0 Å². The number of nitrogens with zero attached hydrogens (tertiary/aromatic N) is 1. The topological polar surface area (TPSA) is 46.6 Å². The Morgan fingerprint density at radius 1 is 1.20 bits per heavy atom. The van der Waals surface area contributed by atoms with Crippen LogP contribution in [0.25, 0.3) is 0 Å². The van der Waals surface area contributed by atoms with Crippen LogP contribution in [-0.4, -0.2) is 38.3 Å². The Bertz CT molecular complexity index is 488. The Labute approximate surface area is 126 Å². The second kappa shape index (κ2) is 8.49. The van der Waals surface area contributed by atoms with Gasteiger partial charge in [-0.3, -0.25) is 0 Å². The molecule has 0 amide bonds. The van der Waals surface area contributed by atoms with Crippen molar-refractivity contribution in [3.63, 3.8) is 0 Å². The van der Waals surface area contributed by atoms with Gasteiger partial charge in [-0.2, -0.15) is 4.31 Å². The summed E-state index contributed by atoms with van der Waals surface area (Å²) in [6.07, 6.45) is 1.83. The third kappa shape index (κ3) is 4.65. The number of sulfonamides is 1. The second-order valence-electron chi connectivity index (χ2n) is 4.36. The fraction of sp³-hybridized carbons (Fsp3) is 0.571. The first-order valence-corrected chi connectivity index (χ1v) is 8.82. The summed E-state index contributed by atoms with van der Waals surface area (Å²) in [5, 5.41) is 0. The zero-order valence-electron chi connectivity index (χ0n) is 12.0. The van der Waals surface area contributed by atoms with E-state index in [0.29, 0.717) is 36.2 Å². The van der Waals surface area contributed by atoms with Gasteiger partial charge in [-0.1, -0.05) is 20.3 Å². The van der Waals surface area contributed by atoms with Crippen molar-refractivity contribution in [3.8, 4) is 5.75 Å². The normalized spacial score (nSPS) is 11.8. The zero-order chi connectivity index (χ0) is 15.0. The standard InChI is InChI=1S/C14H22ClNO3S/c1-3-5-11-16(4-2)20(17,18)14-8-6-13(7-9-14)19-12-10-15/h6-9H,3-5,10-12H2,1-2H3. The van der Waals surface area contributed by atoms with Gasteiger partial charge in [0.15, 0.2) is 0 Å². The molecule has 1 rings (SSSR count). The number of hydrogen-bond donors (Lipinski definition) is 0. The molecule has 6 heteroatoms. The van der Waals surface area contributed by atoms with E-state index < -0.39 is 10.0 Å². The van der Waals surface area contributed by atoms with Crippen molar-refractivity contribution >= 4 is 21.6 Å². The molecule has 0 saturated carbocycles. The summed E-state index contributed by atoms with van der Waals surface area (Å²) in [5.74, 6) is 1.03. The van der Waals surface area contributed by atoms with Gasteiger partial charge in [0.05, 0.1) is 10.8 Å². The van der Waals surface area contributed by atoms with Crippen LogP contribution in [0.3, 0.4) is 0 Å². The molecule has 1 aromatic carbocycles.